The summed E-state index contributed by atoms with van der Waals surface area (Å²) in [6.45, 7) is 4.34. The maximum absolute atomic E-state index is 13.1. The summed E-state index contributed by atoms with van der Waals surface area (Å²) in [5, 5.41) is 36.2. The Balaban J connectivity index is 1.37. The van der Waals surface area contributed by atoms with E-state index in [1.54, 1.807) is 11.3 Å². The first-order valence-corrected chi connectivity index (χ1v) is 15.1. The average Bonchev–Trinajstić information content (AvgIpc) is 3.36. The van der Waals surface area contributed by atoms with E-state index in [1.165, 1.54) is 59.1 Å². The number of sulfonamides is 1. The Kier molecular flexibility index (Phi) is 8.99. The second-order valence-electron chi connectivity index (χ2n) is 10.3. The lowest BCUT2D eigenvalue weighted by atomic mass is 9.94. The van der Waals surface area contributed by atoms with Gasteiger partial charge in [-0.05, 0) is 79.1 Å². The molecule has 0 unspecified atom stereocenters. The molecule has 0 spiro atoms. The summed E-state index contributed by atoms with van der Waals surface area (Å²) in [5.41, 5.74) is 1.09. The molecule has 0 aliphatic carbocycles. The third kappa shape index (κ3) is 7.04. The van der Waals surface area contributed by atoms with Crippen LogP contribution in [0.15, 0.2) is 77.0 Å². The minimum absolute atomic E-state index is 0.0748. The molecule has 0 aliphatic heterocycles. The Morgan fingerprint density at radius 2 is 1.90 bits per heavy atom. The van der Waals surface area contributed by atoms with Crippen LogP contribution in [0.25, 0.3) is 10.1 Å². The zero-order valence-corrected chi connectivity index (χ0v) is 24.5. The number of carboxylic acids is 1. The van der Waals surface area contributed by atoms with E-state index in [9.17, 15) is 28.7 Å². The van der Waals surface area contributed by atoms with E-state index >= 15 is 0 Å². The van der Waals surface area contributed by atoms with Gasteiger partial charge in [-0.25, -0.2) is 13.2 Å². The second-order valence-corrected chi connectivity index (χ2v) is 13.1. The summed E-state index contributed by atoms with van der Waals surface area (Å²) in [5.74, 6) is -1.03. The Hall–Kier alpha value is -3.95. The van der Waals surface area contributed by atoms with Gasteiger partial charge >= 0.3 is 5.97 Å². The number of hydrogen-bond acceptors (Lipinski definition) is 8. The number of aromatic carboxylic acids is 1. The lowest BCUT2D eigenvalue weighted by Crippen LogP contribution is -2.46. The first-order chi connectivity index (χ1) is 19.4. The molecular weight excluding hydrogens is 562 g/mol. The van der Waals surface area contributed by atoms with Crippen LogP contribution < -0.4 is 14.4 Å². The number of aliphatic hydroxyl groups is 1. The quantitative estimate of drug-likeness (QED) is 0.216. The lowest BCUT2D eigenvalue weighted by Gasteiger charge is -2.28. The summed E-state index contributed by atoms with van der Waals surface area (Å²) in [6, 6.07) is 19.6. The molecule has 0 bridgehead atoms. The van der Waals surface area contributed by atoms with Gasteiger partial charge in [0, 0.05) is 23.8 Å². The zero-order chi connectivity index (χ0) is 29.8. The van der Waals surface area contributed by atoms with E-state index < -0.39 is 22.1 Å². The number of rotatable bonds is 12. The summed E-state index contributed by atoms with van der Waals surface area (Å²) in [7, 11) is -2.78. The van der Waals surface area contributed by atoms with Crippen molar-refractivity contribution < 1.29 is 28.2 Å². The van der Waals surface area contributed by atoms with Gasteiger partial charge < -0.3 is 20.3 Å². The van der Waals surface area contributed by atoms with E-state index in [0.717, 1.165) is 16.8 Å². The number of aliphatic hydroxyl groups excluding tert-OH is 1. The maximum atomic E-state index is 13.1. The Labute approximate surface area is 243 Å². The summed E-state index contributed by atoms with van der Waals surface area (Å²) in [4.78, 5) is 11.1. The van der Waals surface area contributed by atoms with Gasteiger partial charge in [0.1, 0.15) is 24.5 Å². The number of nitrogens with zero attached hydrogens (tertiary/aromatic N) is 2. The topological polar surface area (TPSA) is 140 Å². The number of anilines is 1. The van der Waals surface area contributed by atoms with Crippen LogP contribution in [-0.2, 0) is 16.4 Å². The average molecular weight is 594 g/mol. The van der Waals surface area contributed by atoms with Gasteiger partial charge in [0.15, 0.2) is 0 Å². The molecule has 9 nitrogen and oxygen atoms in total. The van der Waals surface area contributed by atoms with Gasteiger partial charge in [-0.15, -0.1) is 11.3 Å². The van der Waals surface area contributed by atoms with E-state index in [-0.39, 0.29) is 46.1 Å². The number of ether oxygens (including phenoxy) is 1. The number of nitriles is 1. The number of hydrogen-bond donors (Lipinski definition) is 3. The molecule has 0 fully saturated rings. The minimum Gasteiger partial charge on any atom is -0.489 e. The van der Waals surface area contributed by atoms with Gasteiger partial charge in [0.25, 0.3) is 10.0 Å². The lowest BCUT2D eigenvalue weighted by molar-refractivity contribution is 0.0696. The Bertz CT molecular complexity index is 1710. The molecule has 4 aromatic rings. The van der Waals surface area contributed by atoms with Crippen LogP contribution in [0.3, 0.4) is 0 Å². The molecule has 1 heterocycles. The van der Waals surface area contributed by atoms with Gasteiger partial charge in [-0.3, -0.25) is 4.31 Å². The summed E-state index contributed by atoms with van der Waals surface area (Å²) < 4.78 is 34.1. The Morgan fingerprint density at radius 1 is 1.15 bits per heavy atom. The van der Waals surface area contributed by atoms with Crippen LogP contribution >= 0.6 is 11.3 Å². The van der Waals surface area contributed by atoms with Gasteiger partial charge in [0.05, 0.1) is 21.7 Å². The van der Waals surface area contributed by atoms with Crippen molar-refractivity contribution in [3.8, 4) is 11.8 Å². The molecule has 0 amide bonds. The number of nitrogens with one attached hydrogen (secondary N) is 1. The van der Waals surface area contributed by atoms with Crippen molar-refractivity contribution in [2.45, 2.75) is 36.8 Å². The molecule has 1 atom stereocenters. The highest BCUT2D eigenvalue weighted by Gasteiger charge is 2.24. The third-order valence-corrected chi connectivity index (χ3v) is 9.42. The minimum atomic E-state index is -4.09. The second kappa shape index (κ2) is 12.3. The van der Waals surface area contributed by atoms with Gasteiger partial charge in [-0.2, -0.15) is 5.26 Å². The molecule has 0 saturated heterocycles. The molecule has 3 N–H and O–H groups in total. The van der Waals surface area contributed by atoms with E-state index in [1.807, 2.05) is 18.2 Å². The molecular formula is C30H31N3O6S2. The van der Waals surface area contributed by atoms with E-state index in [4.69, 9.17) is 4.74 Å². The highest BCUT2D eigenvalue weighted by Crippen LogP contribution is 2.30. The number of benzene rings is 3. The molecule has 0 aliphatic rings. The highest BCUT2D eigenvalue weighted by molar-refractivity contribution is 7.92. The maximum Gasteiger partial charge on any atom is 0.335 e. The third-order valence-electron chi connectivity index (χ3n) is 6.63. The van der Waals surface area contributed by atoms with Crippen LogP contribution in [-0.4, -0.2) is 56.4 Å². The molecule has 0 radical (unpaired) electrons. The molecule has 41 heavy (non-hydrogen) atoms. The van der Waals surface area contributed by atoms with Crippen LogP contribution in [0.1, 0.15) is 35.3 Å². The normalized spacial score (nSPS) is 12.6. The van der Waals surface area contributed by atoms with E-state index in [0.29, 0.717) is 0 Å². The summed E-state index contributed by atoms with van der Waals surface area (Å²) >= 11 is 1.71. The van der Waals surface area contributed by atoms with Crippen LogP contribution in [0.5, 0.6) is 5.75 Å². The zero-order valence-electron chi connectivity index (χ0n) is 22.9. The molecule has 214 valence electrons. The standard InChI is InChI=1S/C30H31N3O6S2/c1-30(2,15-22-19-40-28-10-5-4-9-26(22)28)32-17-24(34)18-39-27-12-11-23(13-21(27)16-31)33(3)41(37,38)25-8-6-7-20(14-25)29(35)36/h4-14,19,24,32,34H,15,17-18H2,1-3H3,(H,35,36)/t24-/m1/s1. The van der Waals surface area contributed by atoms with Crippen LogP contribution in [0.2, 0.25) is 0 Å². The molecule has 11 heteroatoms. The Morgan fingerprint density at radius 3 is 2.63 bits per heavy atom. The number of thiophene rings is 1. The van der Waals surface area contributed by atoms with Crippen molar-refractivity contribution in [2.24, 2.45) is 0 Å². The number of β-amino-alcohol motifs (C(OH)–C–C–N with tert-alkyl or cyclic N) is 1. The molecule has 3 aromatic carbocycles. The molecule has 1 aromatic heterocycles. The molecule has 4 rings (SSSR count). The van der Waals surface area contributed by atoms with Crippen molar-refractivity contribution in [3.05, 3.63) is 88.8 Å². The van der Waals surface area contributed by atoms with E-state index in [2.05, 4.69) is 36.7 Å². The monoisotopic (exact) mass is 593 g/mol. The van der Waals surface area contributed by atoms with Crippen molar-refractivity contribution in [1.82, 2.24) is 5.32 Å². The van der Waals surface area contributed by atoms with Gasteiger partial charge in [0.2, 0.25) is 0 Å². The predicted octanol–water partition coefficient (Wildman–Crippen LogP) is 4.65. The fourth-order valence-electron chi connectivity index (χ4n) is 4.36. The highest BCUT2D eigenvalue weighted by atomic mass is 32.2. The van der Waals surface area contributed by atoms with Crippen molar-refractivity contribution in [2.75, 3.05) is 24.5 Å². The van der Waals surface area contributed by atoms with Crippen molar-refractivity contribution in [3.63, 3.8) is 0 Å². The number of fused-ring (bicyclic) bond motifs is 1. The first kappa shape index (κ1) is 30.0. The van der Waals surface area contributed by atoms with Gasteiger partial charge in [-0.1, -0.05) is 24.3 Å². The number of carboxylic acid groups (broad SMARTS) is 1. The van der Waals surface area contributed by atoms with Crippen molar-refractivity contribution >= 4 is 43.1 Å². The van der Waals surface area contributed by atoms with Crippen molar-refractivity contribution in [1.29, 1.82) is 5.26 Å². The largest absolute Gasteiger partial charge is 0.489 e. The predicted molar refractivity (Wildman–Crippen MR) is 159 cm³/mol. The smallest absolute Gasteiger partial charge is 0.335 e. The fourth-order valence-corrected chi connectivity index (χ4v) is 6.56. The first-order valence-electron chi connectivity index (χ1n) is 12.8. The fraction of sp³-hybridized carbons (Fsp3) is 0.267. The molecule has 0 saturated carbocycles. The summed E-state index contributed by atoms with van der Waals surface area (Å²) in [6.07, 6.45) is -0.0777. The number of carbonyl (C=O) groups is 1. The van der Waals surface area contributed by atoms with Crippen LogP contribution in [0.4, 0.5) is 5.69 Å². The van der Waals surface area contributed by atoms with Crippen LogP contribution in [0, 0.1) is 11.3 Å². The SMILES string of the molecule is CN(c1ccc(OC[C@H](O)CNC(C)(C)Cc2csc3ccccc23)c(C#N)c1)S(=O)(=O)c1cccc(C(=O)O)c1.